The van der Waals surface area contributed by atoms with Gasteiger partial charge in [0.25, 0.3) is 0 Å². The molecule has 0 aliphatic heterocycles. The fourth-order valence-corrected chi connectivity index (χ4v) is 7.46. The van der Waals surface area contributed by atoms with Gasteiger partial charge in [-0.05, 0) is 47.3 Å². The van der Waals surface area contributed by atoms with Crippen molar-refractivity contribution in [3.63, 3.8) is 0 Å². The number of halogens is 1. The van der Waals surface area contributed by atoms with Crippen molar-refractivity contribution < 1.29 is 4.74 Å². The number of hydrogen-bond donors (Lipinski definition) is 0. The molecule has 0 fully saturated rings. The van der Waals surface area contributed by atoms with Gasteiger partial charge < -0.3 is 4.74 Å². The lowest BCUT2D eigenvalue weighted by Gasteiger charge is -2.22. The predicted octanol–water partition coefficient (Wildman–Crippen LogP) is 6.52. The molecule has 0 aromatic heterocycles. The van der Waals surface area contributed by atoms with Gasteiger partial charge in [-0.25, -0.2) is 0 Å². The third-order valence-corrected chi connectivity index (χ3v) is 10.6. The first-order chi connectivity index (χ1) is 12.5. The van der Waals surface area contributed by atoms with Gasteiger partial charge in [-0.2, -0.15) is 11.8 Å². The van der Waals surface area contributed by atoms with Crippen LogP contribution in [-0.4, -0.2) is 13.5 Å². The number of thioether (sulfide) groups is 1. The van der Waals surface area contributed by atoms with E-state index < -0.39 is 8.07 Å². The molecule has 0 saturated carbocycles. The monoisotopic (exact) mass is 398 g/mol. The lowest BCUT2D eigenvalue weighted by atomic mass is 10.2. The maximum atomic E-state index is 6.02. The topological polar surface area (TPSA) is 9.23 Å². The van der Waals surface area contributed by atoms with Crippen molar-refractivity contribution in [3.8, 4) is 11.5 Å². The molecule has 1 nitrogen and oxygen atoms in total. The summed E-state index contributed by atoms with van der Waals surface area (Å²) in [6.45, 7) is 4.83. The van der Waals surface area contributed by atoms with Gasteiger partial charge in [-0.15, -0.1) is 0 Å². The Morgan fingerprint density at radius 1 is 0.846 bits per heavy atom. The lowest BCUT2D eigenvalue weighted by molar-refractivity contribution is 0.482. The summed E-state index contributed by atoms with van der Waals surface area (Å²) in [5.41, 5.74) is 1.30. The first-order valence-corrected chi connectivity index (χ1v) is 13.4. The van der Waals surface area contributed by atoms with Gasteiger partial charge in [0.2, 0.25) is 0 Å². The Morgan fingerprint density at radius 3 is 2.27 bits per heavy atom. The Kier molecular flexibility index (Phi) is 6.46. The number of hydrogen-bond acceptors (Lipinski definition) is 2. The Hall–Kier alpha value is -1.68. The van der Waals surface area contributed by atoms with E-state index in [9.17, 15) is 0 Å². The summed E-state index contributed by atoms with van der Waals surface area (Å²) in [6.07, 6.45) is 0. The van der Waals surface area contributed by atoms with E-state index in [1.165, 1.54) is 16.1 Å². The summed E-state index contributed by atoms with van der Waals surface area (Å²) < 4.78 is 5.93. The van der Waals surface area contributed by atoms with Gasteiger partial charge in [0.05, 0.1) is 8.07 Å². The lowest BCUT2D eigenvalue weighted by Crippen LogP contribution is -2.44. The zero-order valence-corrected chi connectivity index (χ0v) is 17.7. The van der Waals surface area contributed by atoms with Crippen molar-refractivity contribution in [2.45, 2.75) is 18.8 Å². The molecule has 3 aromatic carbocycles. The highest BCUT2D eigenvalue weighted by molar-refractivity contribution is 8.00. The van der Waals surface area contributed by atoms with Crippen molar-refractivity contribution in [3.05, 3.63) is 89.4 Å². The van der Waals surface area contributed by atoms with Gasteiger partial charge in [-0.1, -0.05) is 72.3 Å². The molecule has 4 heteroatoms. The van der Waals surface area contributed by atoms with Crippen LogP contribution in [0.4, 0.5) is 0 Å². The molecule has 3 rings (SSSR count). The minimum atomic E-state index is -1.46. The second kappa shape index (κ2) is 8.80. The molecule has 0 aliphatic carbocycles. The number of rotatable bonds is 7. The zero-order chi connectivity index (χ0) is 18.4. The van der Waals surface area contributed by atoms with Crippen molar-refractivity contribution in [1.29, 1.82) is 0 Å². The van der Waals surface area contributed by atoms with E-state index in [0.29, 0.717) is 0 Å². The van der Waals surface area contributed by atoms with Crippen LogP contribution in [0.3, 0.4) is 0 Å². The van der Waals surface area contributed by atoms with Crippen LogP contribution < -0.4 is 9.92 Å². The van der Waals surface area contributed by atoms with Crippen molar-refractivity contribution in [2.75, 3.05) is 5.38 Å². The predicted molar refractivity (Wildman–Crippen MR) is 118 cm³/mol. The highest BCUT2D eigenvalue weighted by atomic mass is 35.5. The van der Waals surface area contributed by atoms with Crippen LogP contribution in [0, 0.1) is 0 Å². The molecule has 0 spiro atoms. The summed E-state index contributed by atoms with van der Waals surface area (Å²) in [4.78, 5) is 0. The summed E-state index contributed by atoms with van der Waals surface area (Å²) in [6, 6.07) is 26.7. The Balaban J connectivity index is 1.58. The summed E-state index contributed by atoms with van der Waals surface area (Å²) in [5.74, 6) is 2.76. The van der Waals surface area contributed by atoms with Crippen LogP contribution in [-0.2, 0) is 5.75 Å². The van der Waals surface area contributed by atoms with E-state index in [1.54, 1.807) is 0 Å². The molecule has 0 atom stereocenters. The average molecular weight is 399 g/mol. The molecule has 0 heterocycles. The van der Waals surface area contributed by atoms with E-state index in [1.807, 2.05) is 60.3 Å². The fraction of sp³-hybridized carbons (Fsp3) is 0.182. The smallest absolute Gasteiger partial charge is 0.127 e. The summed E-state index contributed by atoms with van der Waals surface area (Å²) in [7, 11) is -1.46. The molecule has 0 unspecified atom stereocenters. The van der Waals surface area contributed by atoms with Gasteiger partial charge in [0.1, 0.15) is 11.5 Å². The molecule has 3 aromatic rings. The third-order valence-electron chi connectivity index (χ3n) is 4.23. The SMILES string of the molecule is C[Si](C)(CSCc1cccc(Oc2ccccc2)c1)c1ccc(Cl)cc1. The normalized spacial score (nSPS) is 11.3. The van der Waals surface area contributed by atoms with E-state index in [0.717, 1.165) is 22.3 Å². The quantitative estimate of drug-likeness (QED) is 0.419. The maximum Gasteiger partial charge on any atom is 0.127 e. The number of benzene rings is 3. The second-order valence-electron chi connectivity index (χ2n) is 6.95. The zero-order valence-electron chi connectivity index (χ0n) is 15.1. The summed E-state index contributed by atoms with van der Waals surface area (Å²) >= 11 is 8.02. The molecule has 0 bridgehead atoms. The number of ether oxygens (including phenoxy) is 1. The van der Waals surface area contributed by atoms with E-state index in [4.69, 9.17) is 16.3 Å². The average Bonchev–Trinajstić information content (AvgIpc) is 2.63. The van der Waals surface area contributed by atoms with Gasteiger partial charge >= 0.3 is 0 Å². The largest absolute Gasteiger partial charge is 0.457 e. The molecule has 0 N–H and O–H groups in total. The van der Waals surface area contributed by atoms with Crippen LogP contribution in [0.5, 0.6) is 11.5 Å². The Morgan fingerprint density at radius 2 is 1.54 bits per heavy atom. The first kappa shape index (κ1) is 19.1. The van der Waals surface area contributed by atoms with E-state index in [-0.39, 0.29) is 0 Å². The van der Waals surface area contributed by atoms with Crippen LogP contribution in [0.15, 0.2) is 78.9 Å². The van der Waals surface area contributed by atoms with Crippen LogP contribution in [0.25, 0.3) is 0 Å². The van der Waals surface area contributed by atoms with Crippen molar-refractivity contribution >= 4 is 36.6 Å². The molecule has 0 saturated heterocycles. The molecule has 0 radical (unpaired) electrons. The van der Waals surface area contributed by atoms with Gasteiger partial charge in [0, 0.05) is 10.8 Å². The maximum absolute atomic E-state index is 6.02. The highest BCUT2D eigenvalue weighted by Gasteiger charge is 2.23. The van der Waals surface area contributed by atoms with Crippen LogP contribution in [0.1, 0.15) is 5.56 Å². The minimum absolute atomic E-state index is 0.807. The Labute approximate surface area is 166 Å². The standard InChI is InChI=1S/C22H23ClOSSi/c1-26(2,22-13-11-19(23)12-14-22)17-25-16-18-7-6-10-21(15-18)24-20-8-4-3-5-9-20/h3-15H,16-17H2,1-2H3. The van der Waals surface area contributed by atoms with E-state index in [2.05, 4.69) is 43.4 Å². The second-order valence-corrected chi connectivity index (χ2v) is 13.6. The van der Waals surface area contributed by atoms with Crippen molar-refractivity contribution in [1.82, 2.24) is 0 Å². The van der Waals surface area contributed by atoms with Crippen LogP contribution >= 0.6 is 23.4 Å². The Bertz CT molecular complexity index is 834. The van der Waals surface area contributed by atoms with Crippen molar-refractivity contribution in [2.24, 2.45) is 0 Å². The molecule has 0 aliphatic rings. The number of para-hydroxylation sites is 1. The van der Waals surface area contributed by atoms with E-state index >= 15 is 0 Å². The molecular formula is C22H23ClOSSi. The molecule has 0 amide bonds. The first-order valence-electron chi connectivity index (χ1n) is 8.69. The molecular weight excluding hydrogens is 376 g/mol. The molecule has 26 heavy (non-hydrogen) atoms. The van der Waals surface area contributed by atoms with Gasteiger partial charge in [-0.3, -0.25) is 0 Å². The molecule has 134 valence electrons. The fourth-order valence-electron chi connectivity index (χ4n) is 2.73. The third kappa shape index (κ3) is 5.40. The van der Waals surface area contributed by atoms with Gasteiger partial charge in [0.15, 0.2) is 0 Å². The van der Waals surface area contributed by atoms with Crippen LogP contribution in [0.2, 0.25) is 18.1 Å². The minimum Gasteiger partial charge on any atom is -0.457 e. The highest BCUT2D eigenvalue weighted by Crippen LogP contribution is 2.24. The summed E-state index contributed by atoms with van der Waals surface area (Å²) in [5, 5.41) is 3.44.